The van der Waals surface area contributed by atoms with Gasteiger partial charge >= 0.3 is 0 Å². The van der Waals surface area contributed by atoms with Crippen LogP contribution in [0.2, 0.25) is 0 Å². The molecular weight excluding hydrogens is 280 g/mol. The maximum absolute atomic E-state index is 12.2. The average Bonchev–Trinajstić information content (AvgIpc) is 3.11. The summed E-state index contributed by atoms with van der Waals surface area (Å²) >= 11 is 3.07. The Morgan fingerprint density at radius 2 is 2.37 bits per heavy atom. The molecule has 1 aliphatic rings. The van der Waals surface area contributed by atoms with Crippen molar-refractivity contribution in [2.24, 2.45) is 0 Å². The van der Waals surface area contributed by atoms with Crippen molar-refractivity contribution >= 4 is 40.0 Å². The van der Waals surface area contributed by atoms with E-state index in [0.29, 0.717) is 16.7 Å². The summed E-state index contributed by atoms with van der Waals surface area (Å²) < 4.78 is 0. The molecule has 1 heterocycles. The van der Waals surface area contributed by atoms with E-state index in [0.717, 1.165) is 17.3 Å². The molecule has 1 aromatic rings. The van der Waals surface area contributed by atoms with Gasteiger partial charge in [-0.15, -0.1) is 0 Å². The SMILES string of the molecule is CCC(CSC)NC(=O)c1sc(NC2CC2)nc1N. The predicted molar refractivity (Wildman–Crippen MR) is 83.1 cm³/mol. The number of hydrogen-bond donors (Lipinski definition) is 3. The van der Waals surface area contributed by atoms with Gasteiger partial charge in [0.05, 0.1) is 0 Å². The summed E-state index contributed by atoms with van der Waals surface area (Å²) in [6.07, 6.45) is 5.30. The molecule has 1 saturated carbocycles. The van der Waals surface area contributed by atoms with Crippen LogP contribution < -0.4 is 16.4 Å². The van der Waals surface area contributed by atoms with Crippen molar-refractivity contribution in [3.63, 3.8) is 0 Å². The number of thiazole rings is 1. The zero-order chi connectivity index (χ0) is 13.8. The van der Waals surface area contributed by atoms with Crippen molar-refractivity contribution in [2.75, 3.05) is 23.1 Å². The molecule has 1 aromatic heterocycles. The number of nitrogens with one attached hydrogen (secondary N) is 2. The first kappa shape index (κ1) is 14.5. The lowest BCUT2D eigenvalue weighted by Gasteiger charge is -2.14. The lowest BCUT2D eigenvalue weighted by molar-refractivity contribution is 0.0945. The highest BCUT2D eigenvalue weighted by atomic mass is 32.2. The van der Waals surface area contributed by atoms with Crippen molar-refractivity contribution in [2.45, 2.75) is 38.3 Å². The number of aromatic nitrogens is 1. The Labute approximate surface area is 121 Å². The molecule has 0 aliphatic heterocycles. The molecule has 0 aromatic carbocycles. The lowest BCUT2D eigenvalue weighted by Crippen LogP contribution is -2.36. The molecule has 7 heteroatoms. The number of nitrogens with zero attached hydrogens (tertiary/aromatic N) is 1. The number of rotatable bonds is 7. The quantitative estimate of drug-likeness (QED) is 0.719. The van der Waals surface area contributed by atoms with E-state index in [9.17, 15) is 4.79 Å². The lowest BCUT2D eigenvalue weighted by atomic mass is 10.2. The largest absolute Gasteiger partial charge is 0.382 e. The summed E-state index contributed by atoms with van der Waals surface area (Å²) in [6, 6.07) is 0.699. The minimum absolute atomic E-state index is 0.111. The van der Waals surface area contributed by atoms with Crippen LogP contribution in [0.1, 0.15) is 35.9 Å². The van der Waals surface area contributed by atoms with Gasteiger partial charge in [-0.1, -0.05) is 18.3 Å². The van der Waals surface area contributed by atoms with E-state index < -0.39 is 0 Å². The van der Waals surface area contributed by atoms with Gasteiger partial charge in [-0.2, -0.15) is 11.8 Å². The smallest absolute Gasteiger partial charge is 0.265 e. The Balaban J connectivity index is 1.98. The summed E-state index contributed by atoms with van der Waals surface area (Å²) in [5.41, 5.74) is 5.82. The third kappa shape index (κ3) is 4.01. The molecule has 2 rings (SSSR count). The molecule has 19 heavy (non-hydrogen) atoms. The van der Waals surface area contributed by atoms with Crippen LogP contribution in [0.4, 0.5) is 10.9 Å². The van der Waals surface area contributed by atoms with Crippen LogP contribution in [-0.2, 0) is 0 Å². The van der Waals surface area contributed by atoms with Crippen LogP contribution in [0, 0.1) is 0 Å². The summed E-state index contributed by atoms with van der Waals surface area (Å²) in [7, 11) is 0. The van der Waals surface area contributed by atoms with E-state index in [1.54, 1.807) is 11.8 Å². The Bertz CT molecular complexity index is 445. The van der Waals surface area contributed by atoms with Gasteiger partial charge in [-0.3, -0.25) is 4.79 Å². The molecule has 0 saturated heterocycles. The number of thioether (sulfide) groups is 1. The Morgan fingerprint density at radius 3 is 2.95 bits per heavy atom. The van der Waals surface area contributed by atoms with Gasteiger partial charge in [0.25, 0.3) is 5.91 Å². The van der Waals surface area contributed by atoms with Gasteiger partial charge in [0.2, 0.25) is 0 Å². The Morgan fingerprint density at radius 1 is 1.63 bits per heavy atom. The van der Waals surface area contributed by atoms with Crippen LogP contribution in [-0.4, -0.2) is 35.0 Å². The number of hydrogen-bond acceptors (Lipinski definition) is 6. The fourth-order valence-electron chi connectivity index (χ4n) is 1.67. The van der Waals surface area contributed by atoms with Gasteiger partial charge in [0, 0.05) is 17.8 Å². The van der Waals surface area contributed by atoms with Crippen molar-refractivity contribution in [1.29, 1.82) is 0 Å². The minimum Gasteiger partial charge on any atom is -0.382 e. The van der Waals surface area contributed by atoms with Crippen LogP contribution in [0.15, 0.2) is 0 Å². The van der Waals surface area contributed by atoms with Crippen LogP contribution >= 0.6 is 23.1 Å². The molecule has 4 N–H and O–H groups in total. The molecule has 0 spiro atoms. The molecule has 1 unspecified atom stereocenters. The third-order valence-electron chi connectivity index (χ3n) is 2.96. The molecule has 1 aliphatic carbocycles. The molecule has 5 nitrogen and oxygen atoms in total. The molecular formula is C12H20N4OS2. The van der Waals surface area contributed by atoms with E-state index in [1.807, 2.05) is 6.26 Å². The molecule has 0 radical (unpaired) electrons. The second-order valence-electron chi connectivity index (χ2n) is 4.69. The van der Waals surface area contributed by atoms with E-state index in [1.165, 1.54) is 24.2 Å². The van der Waals surface area contributed by atoms with Gasteiger partial charge in [-0.05, 0) is 25.5 Å². The van der Waals surface area contributed by atoms with E-state index in [4.69, 9.17) is 5.73 Å². The highest BCUT2D eigenvalue weighted by molar-refractivity contribution is 7.98. The Kier molecular flexibility index (Phi) is 4.93. The molecule has 1 atom stereocenters. The highest BCUT2D eigenvalue weighted by Crippen LogP contribution is 2.30. The average molecular weight is 300 g/mol. The fourth-order valence-corrected chi connectivity index (χ4v) is 3.26. The topological polar surface area (TPSA) is 80.0 Å². The summed E-state index contributed by atoms with van der Waals surface area (Å²) in [6.45, 7) is 2.07. The van der Waals surface area contributed by atoms with E-state index >= 15 is 0 Å². The zero-order valence-electron chi connectivity index (χ0n) is 11.2. The maximum atomic E-state index is 12.2. The molecule has 1 amide bonds. The number of carbonyl (C=O) groups excluding carboxylic acids is 1. The number of carbonyl (C=O) groups is 1. The zero-order valence-corrected chi connectivity index (χ0v) is 12.9. The summed E-state index contributed by atoms with van der Waals surface area (Å²) in [5, 5.41) is 7.03. The first-order valence-electron chi connectivity index (χ1n) is 6.46. The van der Waals surface area contributed by atoms with Crippen molar-refractivity contribution in [3.05, 3.63) is 4.88 Å². The van der Waals surface area contributed by atoms with Crippen molar-refractivity contribution in [3.8, 4) is 0 Å². The van der Waals surface area contributed by atoms with Crippen molar-refractivity contribution in [1.82, 2.24) is 10.3 Å². The van der Waals surface area contributed by atoms with Crippen LogP contribution in [0.3, 0.4) is 0 Å². The van der Waals surface area contributed by atoms with E-state index in [2.05, 4.69) is 22.5 Å². The number of anilines is 2. The molecule has 1 fully saturated rings. The number of nitrogens with two attached hydrogens (primary N) is 1. The summed E-state index contributed by atoms with van der Waals surface area (Å²) in [4.78, 5) is 16.9. The monoisotopic (exact) mass is 300 g/mol. The Hall–Kier alpha value is -0.950. The van der Waals surface area contributed by atoms with Crippen molar-refractivity contribution < 1.29 is 4.79 Å². The van der Waals surface area contributed by atoms with Gasteiger partial charge in [0.1, 0.15) is 10.7 Å². The van der Waals surface area contributed by atoms with Gasteiger partial charge < -0.3 is 16.4 Å². The number of amides is 1. The van der Waals surface area contributed by atoms with E-state index in [-0.39, 0.29) is 11.9 Å². The van der Waals surface area contributed by atoms with Gasteiger partial charge in [-0.25, -0.2) is 4.98 Å². The maximum Gasteiger partial charge on any atom is 0.265 e. The summed E-state index contributed by atoms with van der Waals surface area (Å²) in [5.74, 6) is 1.12. The highest BCUT2D eigenvalue weighted by Gasteiger charge is 2.24. The molecule has 0 bridgehead atoms. The fraction of sp³-hybridized carbons (Fsp3) is 0.667. The minimum atomic E-state index is -0.111. The van der Waals surface area contributed by atoms with Crippen LogP contribution in [0.25, 0.3) is 0 Å². The van der Waals surface area contributed by atoms with Crippen LogP contribution in [0.5, 0.6) is 0 Å². The number of nitrogen functional groups attached to an aromatic ring is 1. The van der Waals surface area contributed by atoms with Gasteiger partial charge in [0.15, 0.2) is 5.13 Å². The second kappa shape index (κ2) is 6.47. The first-order valence-corrected chi connectivity index (χ1v) is 8.67. The normalized spacial score (nSPS) is 16.1. The standard InChI is InChI=1S/C12H20N4OS2/c1-3-7(6-18-2)14-11(17)9-10(13)16-12(19-9)15-8-4-5-8/h7-8H,3-6,13H2,1-2H3,(H,14,17)(H,15,16). The predicted octanol–water partition coefficient (Wildman–Crippen LogP) is 2.17. The first-order chi connectivity index (χ1) is 9.13. The third-order valence-corrected chi connectivity index (χ3v) is 4.70. The molecule has 106 valence electrons. The second-order valence-corrected chi connectivity index (χ2v) is 6.60.